The fraction of sp³-hybridized carbons (Fsp3) is 0.500. The summed E-state index contributed by atoms with van der Waals surface area (Å²) in [4.78, 5) is 10.9. The number of alkyl carbamates (subject to hydrolysis) is 1. The fourth-order valence-electron chi connectivity index (χ4n) is 1.77. The molecule has 0 atom stereocenters. The van der Waals surface area contributed by atoms with Gasteiger partial charge in [-0.15, -0.1) is 0 Å². The quantitative estimate of drug-likeness (QED) is 0.816. The number of halogens is 1. The Hall–Kier alpha value is -1.82. The summed E-state index contributed by atoms with van der Waals surface area (Å²) in [7, 11) is 2.77. The van der Waals surface area contributed by atoms with Crippen LogP contribution in [-0.4, -0.2) is 33.5 Å². The van der Waals surface area contributed by atoms with Gasteiger partial charge in [0.15, 0.2) is 0 Å². The Morgan fingerprint density at radius 3 is 2.65 bits per heavy atom. The first-order valence-electron chi connectivity index (χ1n) is 6.20. The van der Waals surface area contributed by atoms with Crippen molar-refractivity contribution in [1.29, 1.82) is 0 Å². The van der Waals surface area contributed by atoms with Crippen LogP contribution in [0.3, 0.4) is 0 Å². The Balaban J connectivity index is 2.66. The highest BCUT2D eigenvalue weighted by Crippen LogP contribution is 2.32. The molecule has 0 saturated carbocycles. The first-order chi connectivity index (χ1) is 9.40. The van der Waals surface area contributed by atoms with Gasteiger partial charge in [-0.3, -0.25) is 0 Å². The minimum atomic E-state index is -0.670. The molecule has 0 saturated heterocycles. The van der Waals surface area contributed by atoms with Gasteiger partial charge in [0, 0.05) is 18.2 Å². The summed E-state index contributed by atoms with van der Waals surface area (Å²) < 4.78 is 28.5. The molecule has 0 aliphatic rings. The van der Waals surface area contributed by atoms with Crippen LogP contribution in [0.5, 0.6) is 5.75 Å². The Bertz CT molecular complexity index is 462. The molecule has 0 fully saturated rings. The molecule has 0 heterocycles. The number of amides is 1. The minimum absolute atomic E-state index is 0.294. The lowest BCUT2D eigenvalue weighted by molar-refractivity contribution is -0.0210. The number of nitrogens with one attached hydrogen (secondary N) is 1. The molecule has 1 N–H and O–H groups in total. The molecule has 20 heavy (non-hydrogen) atoms. The highest BCUT2D eigenvalue weighted by Gasteiger charge is 2.25. The third kappa shape index (κ3) is 4.38. The van der Waals surface area contributed by atoms with Gasteiger partial charge in [-0.2, -0.15) is 0 Å². The zero-order valence-electron chi connectivity index (χ0n) is 12.2. The van der Waals surface area contributed by atoms with E-state index in [1.54, 1.807) is 6.07 Å². The summed E-state index contributed by atoms with van der Waals surface area (Å²) in [5.41, 5.74) is 0.0658. The lowest BCUT2D eigenvalue weighted by Crippen LogP contribution is -2.31. The molecule has 1 rings (SSSR count). The van der Waals surface area contributed by atoms with Crippen LogP contribution in [0.25, 0.3) is 0 Å². The van der Waals surface area contributed by atoms with E-state index in [4.69, 9.17) is 9.47 Å². The fourth-order valence-corrected chi connectivity index (χ4v) is 1.77. The average Bonchev–Trinajstić information content (AvgIpc) is 2.42. The van der Waals surface area contributed by atoms with E-state index in [0.717, 1.165) is 5.56 Å². The third-order valence-corrected chi connectivity index (χ3v) is 2.83. The van der Waals surface area contributed by atoms with Crippen LogP contribution in [0.2, 0.25) is 0 Å². The van der Waals surface area contributed by atoms with Gasteiger partial charge in [0.25, 0.3) is 0 Å². The second-order valence-electron chi connectivity index (χ2n) is 4.62. The number of benzene rings is 1. The minimum Gasteiger partial charge on any atom is -0.496 e. The number of rotatable bonds is 6. The van der Waals surface area contributed by atoms with Gasteiger partial charge in [-0.05, 0) is 26.0 Å². The monoisotopic (exact) mass is 285 g/mol. The van der Waals surface area contributed by atoms with Crippen molar-refractivity contribution in [3.63, 3.8) is 0 Å². The van der Waals surface area contributed by atoms with E-state index in [0.29, 0.717) is 18.9 Å². The molecular formula is C14H20FNO4. The maximum absolute atomic E-state index is 13.2. The number of carbonyl (C=O) groups excluding carboxylic acids is 1. The van der Waals surface area contributed by atoms with Crippen molar-refractivity contribution in [1.82, 2.24) is 5.32 Å². The summed E-state index contributed by atoms with van der Waals surface area (Å²) in [5.74, 6) is 0.0599. The van der Waals surface area contributed by atoms with Crippen molar-refractivity contribution < 1.29 is 23.4 Å². The maximum atomic E-state index is 13.2. The van der Waals surface area contributed by atoms with Gasteiger partial charge in [0.1, 0.15) is 11.6 Å². The van der Waals surface area contributed by atoms with E-state index in [-0.39, 0.29) is 5.82 Å². The Labute approximate surface area is 118 Å². The van der Waals surface area contributed by atoms with Gasteiger partial charge in [0.2, 0.25) is 0 Å². The topological polar surface area (TPSA) is 56.8 Å². The molecule has 0 radical (unpaired) electrons. The van der Waals surface area contributed by atoms with Crippen molar-refractivity contribution in [2.45, 2.75) is 19.4 Å². The van der Waals surface area contributed by atoms with Crippen LogP contribution in [-0.2, 0) is 15.1 Å². The Morgan fingerprint density at radius 1 is 1.35 bits per heavy atom. The molecule has 1 aromatic carbocycles. The highest BCUT2D eigenvalue weighted by molar-refractivity contribution is 5.66. The second-order valence-corrected chi connectivity index (χ2v) is 4.62. The second kappa shape index (κ2) is 7.09. The summed E-state index contributed by atoms with van der Waals surface area (Å²) in [5, 5.41) is 2.52. The molecule has 1 amide bonds. The van der Waals surface area contributed by atoms with E-state index < -0.39 is 11.7 Å². The van der Waals surface area contributed by atoms with Crippen molar-refractivity contribution in [2.24, 2.45) is 0 Å². The molecule has 0 aliphatic heterocycles. The number of hydrogen-bond acceptors (Lipinski definition) is 4. The maximum Gasteiger partial charge on any atom is 0.406 e. The molecule has 1 aromatic rings. The zero-order chi connectivity index (χ0) is 15.2. The predicted molar refractivity (Wildman–Crippen MR) is 72.3 cm³/mol. The first kappa shape index (κ1) is 16.2. The summed E-state index contributed by atoms with van der Waals surface area (Å²) >= 11 is 0. The first-order valence-corrected chi connectivity index (χ1v) is 6.20. The molecule has 5 nitrogen and oxygen atoms in total. The number of ether oxygens (including phenoxy) is 3. The summed E-state index contributed by atoms with van der Waals surface area (Å²) in [6.07, 6.45) is -0.509. The van der Waals surface area contributed by atoms with Gasteiger partial charge < -0.3 is 19.5 Å². The van der Waals surface area contributed by atoms with Gasteiger partial charge >= 0.3 is 6.09 Å². The van der Waals surface area contributed by atoms with E-state index >= 15 is 0 Å². The van der Waals surface area contributed by atoms with Crippen LogP contribution in [0.15, 0.2) is 18.2 Å². The van der Waals surface area contributed by atoms with Gasteiger partial charge in [-0.25, -0.2) is 9.18 Å². The smallest absolute Gasteiger partial charge is 0.406 e. The van der Waals surface area contributed by atoms with Crippen molar-refractivity contribution in [2.75, 3.05) is 27.4 Å². The molecule has 0 bridgehead atoms. The standard InChI is InChI=1S/C14H20FNO4/c1-14(2,20-8-7-16-13(17)19-4)11-6-5-10(15)9-12(11)18-3/h5-6,9H,7-8H2,1-4H3,(H,16,17). The summed E-state index contributed by atoms with van der Waals surface area (Å²) in [6.45, 7) is 4.31. The van der Waals surface area contributed by atoms with Crippen molar-refractivity contribution >= 4 is 6.09 Å². The molecular weight excluding hydrogens is 265 g/mol. The van der Waals surface area contributed by atoms with Crippen LogP contribution >= 0.6 is 0 Å². The number of hydrogen-bond donors (Lipinski definition) is 1. The third-order valence-electron chi connectivity index (χ3n) is 2.83. The summed E-state index contributed by atoms with van der Waals surface area (Å²) in [6, 6.07) is 4.30. The Kier molecular flexibility index (Phi) is 5.76. The van der Waals surface area contributed by atoms with Gasteiger partial charge in [-0.1, -0.05) is 0 Å². The largest absolute Gasteiger partial charge is 0.496 e. The van der Waals surface area contributed by atoms with Crippen LogP contribution < -0.4 is 10.1 Å². The SMILES string of the molecule is COC(=O)NCCOC(C)(C)c1ccc(F)cc1OC. The van der Waals surface area contributed by atoms with E-state index in [1.807, 2.05) is 13.8 Å². The van der Waals surface area contributed by atoms with Crippen LogP contribution in [0.4, 0.5) is 9.18 Å². The molecule has 0 unspecified atom stereocenters. The van der Waals surface area contributed by atoms with Crippen LogP contribution in [0, 0.1) is 5.82 Å². The molecule has 112 valence electrons. The molecule has 6 heteroatoms. The normalized spacial score (nSPS) is 11.1. The van der Waals surface area contributed by atoms with Crippen LogP contribution in [0.1, 0.15) is 19.4 Å². The highest BCUT2D eigenvalue weighted by atomic mass is 19.1. The molecule has 0 aliphatic carbocycles. The lowest BCUT2D eigenvalue weighted by atomic mass is 9.97. The number of methoxy groups -OCH3 is 2. The zero-order valence-corrected chi connectivity index (χ0v) is 12.2. The van der Waals surface area contributed by atoms with Crippen molar-refractivity contribution in [3.05, 3.63) is 29.6 Å². The number of carbonyl (C=O) groups is 1. The van der Waals surface area contributed by atoms with E-state index in [9.17, 15) is 9.18 Å². The lowest BCUT2D eigenvalue weighted by Gasteiger charge is -2.27. The van der Waals surface area contributed by atoms with Gasteiger partial charge in [0.05, 0.1) is 26.4 Å². The molecule has 0 spiro atoms. The van der Waals surface area contributed by atoms with E-state index in [2.05, 4.69) is 10.1 Å². The van der Waals surface area contributed by atoms with Crippen molar-refractivity contribution in [3.8, 4) is 5.75 Å². The predicted octanol–water partition coefficient (Wildman–Crippen LogP) is 2.44. The van der Waals surface area contributed by atoms with E-state index in [1.165, 1.54) is 26.4 Å². The molecule has 0 aromatic heterocycles. The Morgan fingerprint density at radius 2 is 2.05 bits per heavy atom. The average molecular weight is 285 g/mol.